The maximum atomic E-state index is 5.79. The summed E-state index contributed by atoms with van der Waals surface area (Å²) in [5, 5.41) is 6.02. The minimum absolute atomic E-state index is 0.572. The van der Waals surface area contributed by atoms with Crippen LogP contribution in [0.4, 0.5) is 5.69 Å². The van der Waals surface area contributed by atoms with E-state index in [4.69, 9.17) is 17.0 Å². The summed E-state index contributed by atoms with van der Waals surface area (Å²) in [5.41, 5.74) is 5.37. The number of hydrazine groups is 1. The molecule has 1 aliphatic heterocycles. The van der Waals surface area contributed by atoms with Crippen LogP contribution in [0.3, 0.4) is 0 Å². The molecule has 3 rings (SSSR count). The Balaban J connectivity index is 1.46. The highest BCUT2D eigenvalue weighted by molar-refractivity contribution is 7.80. The molecule has 24 heavy (non-hydrogen) atoms. The van der Waals surface area contributed by atoms with Crippen molar-refractivity contribution in [2.24, 2.45) is 0 Å². The Bertz CT molecular complexity index is 639. The van der Waals surface area contributed by atoms with Gasteiger partial charge in [-0.3, -0.25) is 5.43 Å². The summed E-state index contributed by atoms with van der Waals surface area (Å²) < 4.78 is 5.79. The first-order valence-corrected chi connectivity index (χ1v) is 8.80. The maximum Gasteiger partial charge on any atom is 0.185 e. The molecule has 1 aliphatic rings. The third kappa shape index (κ3) is 5.22. The monoisotopic (exact) mass is 341 g/mol. The van der Waals surface area contributed by atoms with Crippen molar-refractivity contribution in [1.82, 2.24) is 10.4 Å². The smallest absolute Gasteiger partial charge is 0.185 e. The third-order valence-electron chi connectivity index (χ3n) is 3.98. The van der Waals surface area contributed by atoms with Crippen molar-refractivity contribution < 1.29 is 4.74 Å². The number of hydrogen-bond donors (Lipinski definition) is 2. The van der Waals surface area contributed by atoms with E-state index in [1.165, 1.54) is 19.3 Å². The average molecular weight is 341 g/mol. The number of piperidine rings is 1. The molecular weight excluding hydrogens is 318 g/mol. The van der Waals surface area contributed by atoms with Crippen LogP contribution in [-0.2, 0) is 6.61 Å². The number of nitrogens with zero attached hydrogens (tertiary/aromatic N) is 1. The molecule has 0 bridgehead atoms. The fourth-order valence-corrected chi connectivity index (χ4v) is 2.93. The Morgan fingerprint density at radius 3 is 2.38 bits per heavy atom. The first kappa shape index (κ1) is 16.7. The summed E-state index contributed by atoms with van der Waals surface area (Å²) in [4.78, 5) is 0. The van der Waals surface area contributed by atoms with E-state index < -0.39 is 0 Å². The summed E-state index contributed by atoms with van der Waals surface area (Å²) >= 11 is 5.37. The molecule has 2 aromatic carbocycles. The van der Waals surface area contributed by atoms with Crippen molar-refractivity contribution in [3.05, 3.63) is 60.2 Å². The van der Waals surface area contributed by atoms with E-state index in [-0.39, 0.29) is 0 Å². The zero-order chi connectivity index (χ0) is 16.6. The van der Waals surface area contributed by atoms with Crippen molar-refractivity contribution in [3.63, 3.8) is 0 Å². The molecular formula is C19H23N3OS. The largest absolute Gasteiger partial charge is 0.489 e. The van der Waals surface area contributed by atoms with E-state index >= 15 is 0 Å². The van der Waals surface area contributed by atoms with Crippen LogP contribution in [0.15, 0.2) is 54.6 Å². The number of thiocarbonyl (C=S) groups is 1. The normalized spacial score (nSPS) is 14.8. The molecule has 0 atom stereocenters. The van der Waals surface area contributed by atoms with Crippen LogP contribution in [0.5, 0.6) is 5.75 Å². The highest BCUT2D eigenvalue weighted by Crippen LogP contribution is 2.17. The summed E-state index contributed by atoms with van der Waals surface area (Å²) in [6.07, 6.45) is 3.76. The minimum Gasteiger partial charge on any atom is -0.489 e. The van der Waals surface area contributed by atoms with Gasteiger partial charge in [-0.05, 0) is 54.9 Å². The molecule has 0 spiro atoms. The lowest BCUT2D eigenvalue weighted by Crippen LogP contribution is -2.46. The standard InChI is InChI=1S/C19H23N3OS/c24-19(21-22-13-5-2-6-14-22)20-17-9-11-18(12-10-17)23-15-16-7-3-1-4-8-16/h1,3-4,7-12H,2,5-6,13-15H2,(H2,20,21,24). The number of anilines is 1. The summed E-state index contributed by atoms with van der Waals surface area (Å²) in [6.45, 7) is 2.67. The van der Waals surface area contributed by atoms with Gasteiger partial charge in [0.05, 0.1) is 0 Å². The first-order valence-electron chi connectivity index (χ1n) is 8.39. The van der Waals surface area contributed by atoms with Gasteiger partial charge in [0, 0.05) is 18.8 Å². The van der Waals surface area contributed by atoms with Crippen molar-refractivity contribution >= 4 is 23.0 Å². The van der Waals surface area contributed by atoms with Crippen LogP contribution < -0.4 is 15.5 Å². The Morgan fingerprint density at radius 2 is 1.67 bits per heavy atom. The molecule has 0 aromatic heterocycles. The summed E-state index contributed by atoms with van der Waals surface area (Å²) in [7, 11) is 0. The number of benzene rings is 2. The van der Waals surface area contributed by atoms with E-state index in [0.717, 1.165) is 30.1 Å². The molecule has 1 saturated heterocycles. The van der Waals surface area contributed by atoms with Crippen molar-refractivity contribution in [3.8, 4) is 5.75 Å². The lowest BCUT2D eigenvalue weighted by Gasteiger charge is -2.28. The highest BCUT2D eigenvalue weighted by atomic mass is 32.1. The van der Waals surface area contributed by atoms with E-state index in [1.54, 1.807) is 0 Å². The first-order chi connectivity index (χ1) is 11.8. The van der Waals surface area contributed by atoms with Gasteiger partial charge >= 0.3 is 0 Å². The SMILES string of the molecule is S=C(Nc1ccc(OCc2ccccc2)cc1)NN1CCCCC1. The maximum absolute atomic E-state index is 5.79. The molecule has 0 radical (unpaired) electrons. The molecule has 4 nitrogen and oxygen atoms in total. The van der Waals surface area contributed by atoms with Gasteiger partial charge in [0.25, 0.3) is 0 Å². The molecule has 1 fully saturated rings. The lowest BCUT2D eigenvalue weighted by molar-refractivity contribution is 0.196. The number of hydrogen-bond acceptors (Lipinski definition) is 3. The minimum atomic E-state index is 0.572. The van der Waals surface area contributed by atoms with Crippen LogP contribution in [0.25, 0.3) is 0 Å². The fourth-order valence-electron chi connectivity index (χ4n) is 2.68. The van der Waals surface area contributed by atoms with Crippen molar-refractivity contribution in [2.45, 2.75) is 25.9 Å². The summed E-state index contributed by atoms with van der Waals surface area (Å²) in [6, 6.07) is 18.0. The van der Waals surface area contributed by atoms with Gasteiger partial charge in [-0.15, -0.1) is 0 Å². The lowest BCUT2D eigenvalue weighted by atomic mass is 10.2. The van der Waals surface area contributed by atoms with Gasteiger partial charge in [0.1, 0.15) is 12.4 Å². The molecule has 0 unspecified atom stereocenters. The second-order valence-corrected chi connectivity index (χ2v) is 6.32. The molecule has 5 heteroatoms. The van der Waals surface area contributed by atoms with Gasteiger partial charge in [0.2, 0.25) is 0 Å². The second-order valence-electron chi connectivity index (χ2n) is 5.91. The van der Waals surface area contributed by atoms with Gasteiger partial charge in [-0.2, -0.15) is 0 Å². The zero-order valence-corrected chi connectivity index (χ0v) is 14.5. The summed E-state index contributed by atoms with van der Waals surface area (Å²) in [5.74, 6) is 0.847. The van der Waals surface area contributed by atoms with Gasteiger partial charge in [-0.1, -0.05) is 36.8 Å². The van der Waals surface area contributed by atoms with Crippen molar-refractivity contribution in [1.29, 1.82) is 0 Å². The van der Waals surface area contributed by atoms with E-state index in [1.807, 2.05) is 42.5 Å². The van der Waals surface area contributed by atoms with Gasteiger partial charge < -0.3 is 10.1 Å². The molecule has 0 saturated carbocycles. The Morgan fingerprint density at radius 1 is 0.958 bits per heavy atom. The predicted molar refractivity (Wildman–Crippen MR) is 102 cm³/mol. The fraction of sp³-hybridized carbons (Fsp3) is 0.316. The zero-order valence-electron chi connectivity index (χ0n) is 13.7. The quantitative estimate of drug-likeness (QED) is 0.805. The Hall–Kier alpha value is -2.11. The van der Waals surface area contributed by atoms with E-state index in [9.17, 15) is 0 Å². The molecule has 1 heterocycles. The molecule has 0 amide bonds. The number of ether oxygens (including phenoxy) is 1. The molecule has 2 N–H and O–H groups in total. The Labute approximate surface area is 148 Å². The van der Waals surface area contributed by atoms with Crippen molar-refractivity contribution in [2.75, 3.05) is 18.4 Å². The molecule has 2 aromatic rings. The van der Waals surface area contributed by atoms with E-state index in [0.29, 0.717) is 11.7 Å². The van der Waals surface area contributed by atoms with Gasteiger partial charge in [-0.25, -0.2) is 5.01 Å². The van der Waals surface area contributed by atoms with Gasteiger partial charge in [0.15, 0.2) is 5.11 Å². The van der Waals surface area contributed by atoms with Crippen LogP contribution in [0.2, 0.25) is 0 Å². The predicted octanol–water partition coefficient (Wildman–Crippen LogP) is 3.95. The van der Waals surface area contributed by atoms with Crippen LogP contribution in [0, 0.1) is 0 Å². The average Bonchev–Trinajstić information content (AvgIpc) is 2.63. The Kier molecular flexibility index (Phi) is 6.04. The second kappa shape index (κ2) is 8.66. The van der Waals surface area contributed by atoms with Crippen LogP contribution in [-0.4, -0.2) is 23.2 Å². The van der Waals surface area contributed by atoms with Crippen LogP contribution in [0.1, 0.15) is 24.8 Å². The van der Waals surface area contributed by atoms with Crippen LogP contribution >= 0.6 is 12.2 Å². The molecule has 0 aliphatic carbocycles. The molecule has 126 valence electrons. The highest BCUT2D eigenvalue weighted by Gasteiger charge is 2.10. The third-order valence-corrected chi connectivity index (χ3v) is 4.17. The number of nitrogens with one attached hydrogen (secondary N) is 2. The van der Waals surface area contributed by atoms with E-state index in [2.05, 4.69) is 27.9 Å². The number of rotatable bonds is 5. The topological polar surface area (TPSA) is 36.5 Å².